The number of carbonyl (C=O) groups is 1. The number of benzene rings is 2. The average Bonchev–Trinajstić information content (AvgIpc) is 3.11. The summed E-state index contributed by atoms with van der Waals surface area (Å²) in [7, 11) is -2.25. The molecule has 1 amide bonds. The van der Waals surface area contributed by atoms with E-state index in [1.807, 2.05) is 38.1 Å². The van der Waals surface area contributed by atoms with Crippen LogP contribution < -0.4 is 10.1 Å². The van der Waals surface area contributed by atoms with E-state index in [0.717, 1.165) is 11.1 Å². The maximum Gasteiger partial charge on any atom is 0.244 e. The topological polar surface area (TPSA) is 75.7 Å². The molecule has 6 nitrogen and oxygen atoms in total. The monoisotopic (exact) mass is 416 g/mol. The molecule has 7 heteroatoms. The van der Waals surface area contributed by atoms with E-state index >= 15 is 0 Å². The summed E-state index contributed by atoms with van der Waals surface area (Å²) >= 11 is 0. The maximum absolute atomic E-state index is 13.5. The zero-order chi connectivity index (χ0) is 21.3. The second kappa shape index (κ2) is 8.16. The van der Waals surface area contributed by atoms with Crippen LogP contribution in [0.1, 0.15) is 35.1 Å². The first-order valence-electron chi connectivity index (χ1n) is 9.70. The summed E-state index contributed by atoms with van der Waals surface area (Å²) in [6.45, 7) is 7.80. The van der Waals surface area contributed by atoms with E-state index in [-0.39, 0.29) is 5.91 Å². The van der Waals surface area contributed by atoms with Gasteiger partial charge in [0.1, 0.15) is 11.8 Å². The average molecular weight is 417 g/mol. The number of amides is 1. The lowest BCUT2D eigenvalue weighted by Crippen LogP contribution is -2.43. The Labute approximate surface area is 172 Å². The number of hydrogen-bond donors (Lipinski definition) is 1. The summed E-state index contributed by atoms with van der Waals surface area (Å²) < 4.78 is 33.6. The minimum atomic E-state index is -3.79. The molecule has 0 bridgehead atoms. The smallest absolute Gasteiger partial charge is 0.244 e. The largest absolute Gasteiger partial charge is 0.495 e. The number of methoxy groups -OCH3 is 1. The molecule has 29 heavy (non-hydrogen) atoms. The van der Waals surface area contributed by atoms with Gasteiger partial charge in [0.05, 0.1) is 17.7 Å². The lowest BCUT2D eigenvalue weighted by atomic mass is 10.1. The van der Waals surface area contributed by atoms with E-state index in [1.54, 1.807) is 19.9 Å². The van der Waals surface area contributed by atoms with Gasteiger partial charge in [0, 0.05) is 6.54 Å². The number of rotatable bonds is 5. The van der Waals surface area contributed by atoms with Crippen LogP contribution in [0, 0.1) is 27.7 Å². The van der Waals surface area contributed by atoms with E-state index in [2.05, 4.69) is 5.32 Å². The van der Waals surface area contributed by atoms with Crippen molar-refractivity contribution in [2.75, 3.05) is 19.0 Å². The van der Waals surface area contributed by atoms with E-state index in [4.69, 9.17) is 4.74 Å². The number of aryl methyl sites for hydroxylation is 4. The van der Waals surface area contributed by atoms with Crippen LogP contribution in [0.2, 0.25) is 0 Å². The molecule has 1 aliphatic heterocycles. The van der Waals surface area contributed by atoms with Crippen LogP contribution in [-0.4, -0.2) is 38.3 Å². The minimum Gasteiger partial charge on any atom is -0.495 e. The van der Waals surface area contributed by atoms with Crippen molar-refractivity contribution in [1.29, 1.82) is 0 Å². The summed E-state index contributed by atoms with van der Waals surface area (Å²) in [6.07, 6.45) is 1.13. The molecule has 0 radical (unpaired) electrons. The standard InChI is InChI=1S/C22H28N2O4S/c1-14-8-9-20(28-5)18(13-14)23-22(25)19-7-6-10-24(19)29(26,27)21-16(3)11-15(2)12-17(21)4/h8-9,11-13,19H,6-7,10H2,1-5H3,(H,23,25)/t19-/m1/s1. The Bertz CT molecular complexity index is 1020. The van der Waals surface area contributed by atoms with Gasteiger partial charge in [0.2, 0.25) is 15.9 Å². The lowest BCUT2D eigenvalue weighted by Gasteiger charge is -2.25. The fourth-order valence-corrected chi connectivity index (χ4v) is 6.19. The number of nitrogens with zero attached hydrogens (tertiary/aromatic N) is 1. The van der Waals surface area contributed by atoms with Crippen molar-refractivity contribution < 1.29 is 17.9 Å². The molecule has 0 unspecified atom stereocenters. The molecule has 1 heterocycles. The molecule has 1 atom stereocenters. The molecule has 1 fully saturated rings. The number of anilines is 1. The Morgan fingerprint density at radius 1 is 1.07 bits per heavy atom. The molecule has 1 N–H and O–H groups in total. The second-order valence-electron chi connectivity index (χ2n) is 7.69. The first-order valence-corrected chi connectivity index (χ1v) is 11.1. The van der Waals surface area contributed by atoms with Crippen LogP contribution in [0.3, 0.4) is 0 Å². The minimum absolute atomic E-state index is 0.302. The summed E-state index contributed by atoms with van der Waals surface area (Å²) in [6, 6.07) is 8.48. The summed E-state index contributed by atoms with van der Waals surface area (Å²) in [4.78, 5) is 13.3. The Balaban J connectivity index is 1.92. The molecular weight excluding hydrogens is 388 g/mol. The van der Waals surface area contributed by atoms with Crippen LogP contribution in [0.4, 0.5) is 5.69 Å². The fourth-order valence-electron chi connectivity index (χ4n) is 4.12. The highest BCUT2D eigenvalue weighted by Crippen LogP contribution is 2.32. The van der Waals surface area contributed by atoms with Gasteiger partial charge in [-0.25, -0.2) is 8.42 Å². The molecule has 2 aromatic carbocycles. The molecule has 1 saturated heterocycles. The van der Waals surface area contributed by atoms with E-state index in [0.29, 0.717) is 46.8 Å². The third kappa shape index (κ3) is 4.16. The zero-order valence-corrected chi connectivity index (χ0v) is 18.4. The summed E-state index contributed by atoms with van der Waals surface area (Å²) in [5, 5.41) is 2.87. The van der Waals surface area contributed by atoms with E-state index in [1.165, 1.54) is 11.4 Å². The molecule has 0 aliphatic carbocycles. The van der Waals surface area contributed by atoms with Crippen LogP contribution in [0.5, 0.6) is 5.75 Å². The highest BCUT2D eigenvalue weighted by Gasteiger charge is 2.40. The molecular formula is C22H28N2O4S. The van der Waals surface area contributed by atoms with Crippen LogP contribution in [-0.2, 0) is 14.8 Å². The van der Waals surface area contributed by atoms with Crippen molar-refractivity contribution in [1.82, 2.24) is 4.31 Å². The van der Waals surface area contributed by atoms with Crippen LogP contribution >= 0.6 is 0 Å². The van der Waals surface area contributed by atoms with Crippen LogP contribution in [0.15, 0.2) is 35.2 Å². The number of carbonyl (C=O) groups excluding carboxylic acids is 1. The predicted molar refractivity (Wildman–Crippen MR) is 114 cm³/mol. The predicted octanol–water partition coefficient (Wildman–Crippen LogP) is 3.72. The molecule has 0 saturated carbocycles. The van der Waals surface area contributed by atoms with Gasteiger partial charge in [0.15, 0.2) is 0 Å². The van der Waals surface area contributed by atoms with E-state index in [9.17, 15) is 13.2 Å². The van der Waals surface area contributed by atoms with Gasteiger partial charge >= 0.3 is 0 Å². The Hall–Kier alpha value is -2.38. The number of hydrogen-bond acceptors (Lipinski definition) is 4. The third-order valence-corrected chi connectivity index (χ3v) is 7.50. The SMILES string of the molecule is COc1ccc(C)cc1NC(=O)[C@H]1CCCN1S(=O)(=O)c1c(C)cc(C)cc1C. The molecule has 3 rings (SSSR count). The maximum atomic E-state index is 13.5. The van der Waals surface area contributed by atoms with Gasteiger partial charge in [-0.1, -0.05) is 23.8 Å². The first-order chi connectivity index (χ1) is 13.6. The highest BCUT2D eigenvalue weighted by molar-refractivity contribution is 7.89. The van der Waals surface area contributed by atoms with Crippen molar-refractivity contribution >= 4 is 21.6 Å². The molecule has 1 aliphatic rings. The first kappa shape index (κ1) is 21.3. The molecule has 0 aromatic heterocycles. The summed E-state index contributed by atoms with van der Waals surface area (Å²) in [5.41, 5.74) is 3.94. The van der Waals surface area contributed by atoms with Crippen molar-refractivity contribution in [3.63, 3.8) is 0 Å². The lowest BCUT2D eigenvalue weighted by molar-refractivity contribution is -0.119. The van der Waals surface area contributed by atoms with Crippen molar-refractivity contribution in [3.05, 3.63) is 52.6 Å². The molecule has 0 spiro atoms. The van der Waals surface area contributed by atoms with Gasteiger partial charge < -0.3 is 10.1 Å². The van der Waals surface area contributed by atoms with Crippen LogP contribution in [0.25, 0.3) is 0 Å². The Morgan fingerprint density at radius 3 is 2.34 bits per heavy atom. The van der Waals surface area contributed by atoms with E-state index < -0.39 is 16.1 Å². The second-order valence-corrected chi connectivity index (χ2v) is 9.52. The van der Waals surface area contributed by atoms with Crippen molar-refractivity contribution in [3.8, 4) is 5.75 Å². The van der Waals surface area contributed by atoms with Crippen molar-refractivity contribution in [2.24, 2.45) is 0 Å². The fraction of sp³-hybridized carbons (Fsp3) is 0.409. The Kier molecular flexibility index (Phi) is 6.00. The molecule has 156 valence electrons. The number of ether oxygens (including phenoxy) is 1. The normalized spacial score (nSPS) is 17.3. The highest BCUT2D eigenvalue weighted by atomic mass is 32.2. The van der Waals surface area contributed by atoms with Gasteiger partial charge in [-0.3, -0.25) is 4.79 Å². The van der Waals surface area contributed by atoms with Gasteiger partial charge in [0.25, 0.3) is 0 Å². The number of nitrogens with one attached hydrogen (secondary N) is 1. The van der Waals surface area contributed by atoms with Crippen molar-refractivity contribution in [2.45, 2.75) is 51.5 Å². The van der Waals surface area contributed by atoms with Gasteiger partial charge in [-0.2, -0.15) is 4.31 Å². The van der Waals surface area contributed by atoms with Gasteiger partial charge in [-0.15, -0.1) is 0 Å². The zero-order valence-electron chi connectivity index (χ0n) is 17.6. The third-order valence-electron chi connectivity index (χ3n) is 5.29. The summed E-state index contributed by atoms with van der Waals surface area (Å²) in [5.74, 6) is 0.207. The quantitative estimate of drug-likeness (QED) is 0.806. The molecule has 2 aromatic rings. The Morgan fingerprint density at radius 2 is 1.72 bits per heavy atom. The number of sulfonamides is 1. The van der Waals surface area contributed by atoms with Gasteiger partial charge in [-0.05, 0) is 69.4 Å².